The first-order valence-corrected chi connectivity index (χ1v) is 49.2. The van der Waals surface area contributed by atoms with Gasteiger partial charge in [0.15, 0.2) is 23.0 Å². The summed E-state index contributed by atoms with van der Waals surface area (Å²) in [6, 6.07) is 29.2. The van der Waals surface area contributed by atoms with E-state index in [4.69, 9.17) is 37.9 Å². The first-order valence-electron chi connectivity index (χ1n) is 49.2. The summed E-state index contributed by atoms with van der Waals surface area (Å²) in [5.41, 5.74) is 0.744. The number of hydrogen-bond acceptors (Lipinski definition) is 12. The summed E-state index contributed by atoms with van der Waals surface area (Å²) in [6.07, 6.45) is 82.8. The molecule has 0 unspecified atom stereocenters. The van der Waals surface area contributed by atoms with Gasteiger partial charge in [0.05, 0.1) is 48.7 Å². The van der Waals surface area contributed by atoms with Crippen molar-refractivity contribution in [3.63, 3.8) is 0 Å². The summed E-state index contributed by atoms with van der Waals surface area (Å²) >= 11 is 0. The molecule has 0 fully saturated rings. The molecule has 5 rings (SSSR count). The van der Waals surface area contributed by atoms with Gasteiger partial charge in [-0.2, -0.15) is 0 Å². The van der Waals surface area contributed by atoms with Gasteiger partial charge in [-0.3, -0.25) is 0 Å². The molecule has 0 aromatic heterocycles. The Morgan fingerprint density at radius 3 is 0.415 bits per heavy atom. The molecule has 0 radical (unpaired) electrons. The van der Waals surface area contributed by atoms with E-state index in [1.165, 1.54) is 372 Å². The van der Waals surface area contributed by atoms with E-state index in [9.17, 15) is 19.2 Å². The van der Waals surface area contributed by atoms with Crippen molar-refractivity contribution in [3.05, 3.63) is 131 Å². The molecule has 0 spiro atoms. The molecule has 0 bridgehead atoms. The molecule has 0 heterocycles. The Morgan fingerprint density at radius 1 is 0.169 bits per heavy atom. The quantitative estimate of drug-likeness (QED) is 0.0208. The van der Waals surface area contributed by atoms with Gasteiger partial charge in [0.25, 0.3) is 0 Å². The molecule has 12 heteroatoms. The second-order valence-electron chi connectivity index (χ2n) is 34.0. The molecule has 662 valence electrons. The summed E-state index contributed by atoms with van der Waals surface area (Å²) in [5.74, 6) is -1.77. The highest BCUT2D eigenvalue weighted by atomic mass is 16.6. The van der Waals surface area contributed by atoms with Crippen molar-refractivity contribution in [2.45, 2.75) is 439 Å². The zero-order chi connectivity index (χ0) is 83.7. The number of esters is 4. The summed E-state index contributed by atoms with van der Waals surface area (Å²) in [6.45, 7) is 11.3. The molecule has 0 atom stereocenters. The smallest absolute Gasteiger partial charge is 0.343 e. The lowest BCUT2D eigenvalue weighted by atomic mass is 10.0. The fourth-order valence-corrected chi connectivity index (χ4v) is 15.6. The molecule has 12 nitrogen and oxygen atoms in total. The molecule has 0 aliphatic carbocycles. The van der Waals surface area contributed by atoms with E-state index >= 15 is 0 Å². The van der Waals surface area contributed by atoms with Crippen molar-refractivity contribution in [3.8, 4) is 46.0 Å². The van der Waals surface area contributed by atoms with Crippen LogP contribution < -0.4 is 37.9 Å². The van der Waals surface area contributed by atoms with Gasteiger partial charge in [-0.15, -0.1) is 0 Å². The molecule has 0 saturated heterocycles. The SMILES string of the molecule is CCCCCCCCCCCCCCCCCCOc1ccc(C(=O)Oc2cc(OC(=O)c3ccc(OCCCCCCCCCCCCCCCCCC)cc3)c(OC(=O)c3ccc(OCCCCCCCCCCCCCCCCCC)cc3)cc2OC(=O)c2ccc(OCCCCCCCCCCCCCCCCCC)cc2)cc1. The number of rotatable bonds is 80. The minimum Gasteiger partial charge on any atom is -0.494 e. The Morgan fingerprint density at radius 2 is 0.288 bits per heavy atom. The number of hydrogen-bond donors (Lipinski definition) is 0. The summed E-state index contributed by atoms with van der Waals surface area (Å²) in [5, 5.41) is 0. The normalized spacial score (nSPS) is 11.3. The summed E-state index contributed by atoms with van der Waals surface area (Å²) < 4.78 is 49.0. The van der Waals surface area contributed by atoms with Crippen LogP contribution in [0.5, 0.6) is 46.0 Å². The van der Waals surface area contributed by atoms with Crippen LogP contribution in [0.4, 0.5) is 0 Å². The zero-order valence-electron chi connectivity index (χ0n) is 75.4. The van der Waals surface area contributed by atoms with E-state index < -0.39 is 23.9 Å². The summed E-state index contributed by atoms with van der Waals surface area (Å²) in [4.78, 5) is 57.3. The van der Waals surface area contributed by atoms with E-state index in [0.29, 0.717) is 49.4 Å². The van der Waals surface area contributed by atoms with Crippen LogP contribution in [0.3, 0.4) is 0 Å². The highest BCUT2D eigenvalue weighted by molar-refractivity contribution is 5.96. The molecule has 0 N–H and O–H groups in total. The van der Waals surface area contributed by atoms with Crippen LogP contribution in [0.1, 0.15) is 480 Å². The highest BCUT2D eigenvalue weighted by Crippen LogP contribution is 2.42. The van der Waals surface area contributed by atoms with Crippen LogP contribution in [0, 0.1) is 0 Å². The van der Waals surface area contributed by atoms with Crippen LogP contribution in [0.25, 0.3) is 0 Å². The lowest BCUT2D eigenvalue weighted by Gasteiger charge is -2.16. The van der Waals surface area contributed by atoms with Gasteiger partial charge >= 0.3 is 23.9 Å². The van der Waals surface area contributed by atoms with E-state index in [1.54, 1.807) is 97.1 Å². The molecule has 5 aromatic carbocycles. The van der Waals surface area contributed by atoms with Crippen LogP contribution in [-0.4, -0.2) is 50.3 Å². The largest absolute Gasteiger partial charge is 0.494 e. The van der Waals surface area contributed by atoms with Gasteiger partial charge in [0, 0.05) is 12.1 Å². The van der Waals surface area contributed by atoms with Crippen molar-refractivity contribution in [2.75, 3.05) is 26.4 Å². The Balaban J connectivity index is 1.23. The van der Waals surface area contributed by atoms with Gasteiger partial charge in [-0.1, -0.05) is 413 Å². The standard InChI is InChI=1S/C106H166O12/c1-5-9-13-17-21-25-29-33-37-41-45-49-53-57-61-65-85-111-95-77-69-91(70-78-95)103(107)115-99-89-101(117-105(109)93-73-81-97(82-74-93)113-87-67-63-59-55-51-47-43-39-35-31-27-23-19-15-11-7-3)102(118-106(110)94-75-83-98(84-76-94)114-88-68-64-60-56-52-48-44-40-36-32-28-24-20-16-12-8-4)90-100(99)116-104(108)92-71-79-96(80-72-92)112-86-66-62-58-54-50-46-42-38-34-30-26-22-18-14-10-6-2/h69-84,89-90H,5-68,85-88H2,1-4H3. The molecule has 118 heavy (non-hydrogen) atoms. The molecule has 0 amide bonds. The van der Waals surface area contributed by atoms with Crippen LogP contribution in [-0.2, 0) is 0 Å². The molecular weight excluding hydrogens is 1470 g/mol. The van der Waals surface area contributed by atoms with Crippen LogP contribution >= 0.6 is 0 Å². The molecular formula is C106H166O12. The maximum atomic E-state index is 14.3. The lowest BCUT2D eigenvalue weighted by Crippen LogP contribution is -2.16. The predicted molar refractivity (Wildman–Crippen MR) is 492 cm³/mol. The van der Waals surface area contributed by atoms with E-state index in [-0.39, 0.29) is 45.3 Å². The fraction of sp³-hybridized carbons (Fsp3) is 0.679. The van der Waals surface area contributed by atoms with Crippen molar-refractivity contribution in [2.24, 2.45) is 0 Å². The first kappa shape index (κ1) is 102. The van der Waals surface area contributed by atoms with Crippen molar-refractivity contribution < 1.29 is 57.1 Å². The molecule has 0 aliphatic rings. The number of ether oxygens (including phenoxy) is 8. The molecule has 0 aliphatic heterocycles. The van der Waals surface area contributed by atoms with Gasteiger partial charge in [-0.05, 0) is 123 Å². The van der Waals surface area contributed by atoms with Crippen LogP contribution in [0.2, 0.25) is 0 Å². The predicted octanol–water partition coefficient (Wildman–Crippen LogP) is 33.1. The van der Waals surface area contributed by atoms with Gasteiger partial charge < -0.3 is 37.9 Å². The molecule has 0 saturated carbocycles. The third kappa shape index (κ3) is 51.7. The van der Waals surface area contributed by atoms with Crippen molar-refractivity contribution in [1.82, 2.24) is 0 Å². The van der Waals surface area contributed by atoms with Crippen molar-refractivity contribution >= 4 is 23.9 Å². The first-order chi connectivity index (χ1) is 58.2. The zero-order valence-corrected chi connectivity index (χ0v) is 75.4. The number of benzene rings is 5. The topological polar surface area (TPSA) is 142 Å². The third-order valence-corrected chi connectivity index (χ3v) is 23.2. The van der Waals surface area contributed by atoms with E-state index in [1.807, 2.05) is 0 Å². The Hall–Kier alpha value is -6.82. The lowest BCUT2D eigenvalue weighted by molar-refractivity contribution is 0.0662. The second-order valence-corrected chi connectivity index (χ2v) is 34.0. The third-order valence-electron chi connectivity index (χ3n) is 23.2. The molecule has 5 aromatic rings. The van der Waals surface area contributed by atoms with Gasteiger partial charge in [-0.25, -0.2) is 19.2 Å². The Kier molecular flexibility index (Phi) is 62.0. The Labute approximate surface area is 719 Å². The Bertz CT molecular complexity index is 2790. The van der Waals surface area contributed by atoms with Crippen LogP contribution in [0.15, 0.2) is 109 Å². The van der Waals surface area contributed by atoms with Gasteiger partial charge in [0.1, 0.15) is 23.0 Å². The monoisotopic (exact) mass is 1630 g/mol. The maximum absolute atomic E-state index is 14.3. The van der Waals surface area contributed by atoms with Gasteiger partial charge in [0.2, 0.25) is 0 Å². The average molecular weight is 1630 g/mol. The number of carbonyl (C=O) groups excluding carboxylic acids is 4. The summed E-state index contributed by atoms with van der Waals surface area (Å²) in [7, 11) is 0. The van der Waals surface area contributed by atoms with E-state index in [0.717, 1.165) is 51.4 Å². The fourth-order valence-electron chi connectivity index (χ4n) is 15.6. The van der Waals surface area contributed by atoms with E-state index in [2.05, 4.69) is 27.7 Å². The second kappa shape index (κ2) is 71.9. The number of carbonyl (C=O) groups is 4. The minimum absolute atomic E-state index is 0.186. The maximum Gasteiger partial charge on any atom is 0.343 e. The minimum atomic E-state index is -0.790. The van der Waals surface area contributed by atoms with Crippen molar-refractivity contribution in [1.29, 1.82) is 0 Å². The number of unbranched alkanes of at least 4 members (excludes halogenated alkanes) is 60. The highest BCUT2D eigenvalue weighted by Gasteiger charge is 2.26. The average Bonchev–Trinajstić information content (AvgIpc) is 0.798.